The van der Waals surface area contributed by atoms with Crippen molar-refractivity contribution in [1.29, 1.82) is 0 Å². The van der Waals surface area contributed by atoms with Crippen LogP contribution in [0.1, 0.15) is 19.8 Å². The number of pyridine rings is 1. The van der Waals surface area contributed by atoms with Crippen LogP contribution in [0, 0.1) is 11.8 Å². The average molecular weight is 304 g/mol. The van der Waals surface area contributed by atoms with E-state index in [0.717, 1.165) is 37.4 Å². The van der Waals surface area contributed by atoms with Crippen LogP contribution in [-0.4, -0.2) is 45.5 Å². The third kappa shape index (κ3) is 2.52. The van der Waals surface area contributed by atoms with Crippen LogP contribution in [0.15, 0.2) is 24.5 Å². The Bertz CT molecular complexity index is 544. The van der Waals surface area contributed by atoms with Crippen molar-refractivity contribution in [3.8, 4) is 5.75 Å². The first kappa shape index (κ1) is 13.4. The molecule has 1 amide bonds. The number of ether oxygens (including phenoxy) is 1. The number of carbonyl (C=O) groups excluding carboxylic acids is 1. The predicted octanol–water partition coefficient (Wildman–Crippen LogP) is 2.20. The molecule has 3 fully saturated rings. The molecular formula is C16H20N2O2S. The van der Waals surface area contributed by atoms with Gasteiger partial charge in [0.1, 0.15) is 11.9 Å². The summed E-state index contributed by atoms with van der Waals surface area (Å²) in [5, 5.41) is 0. The van der Waals surface area contributed by atoms with Gasteiger partial charge in [-0.15, -0.1) is 11.8 Å². The summed E-state index contributed by atoms with van der Waals surface area (Å²) < 4.78 is 6.24. The van der Waals surface area contributed by atoms with Gasteiger partial charge in [0.2, 0.25) is 5.91 Å². The smallest absolute Gasteiger partial charge is 0.226 e. The van der Waals surface area contributed by atoms with Crippen molar-refractivity contribution in [1.82, 2.24) is 9.88 Å². The average Bonchev–Trinajstić information content (AvgIpc) is 3.03. The summed E-state index contributed by atoms with van der Waals surface area (Å²) in [7, 11) is 0. The van der Waals surface area contributed by atoms with E-state index in [-0.39, 0.29) is 10.9 Å². The predicted molar refractivity (Wildman–Crippen MR) is 82.3 cm³/mol. The third-order valence-corrected chi connectivity index (χ3v) is 6.38. The van der Waals surface area contributed by atoms with Gasteiger partial charge in [0.05, 0.1) is 10.9 Å². The normalized spacial score (nSPS) is 32.8. The molecular weight excluding hydrogens is 284 g/mol. The van der Waals surface area contributed by atoms with E-state index in [1.807, 2.05) is 28.8 Å². The second-order valence-electron chi connectivity index (χ2n) is 6.64. The Hall–Kier alpha value is -1.23. The van der Waals surface area contributed by atoms with Crippen LogP contribution in [0.5, 0.6) is 5.75 Å². The number of rotatable bonds is 3. The largest absolute Gasteiger partial charge is 0.488 e. The van der Waals surface area contributed by atoms with Crippen molar-refractivity contribution < 1.29 is 9.53 Å². The minimum absolute atomic E-state index is 0.247. The maximum Gasteiger partial charge on any atom is 0.226 e. The molecule has 21 heavy (non-hydrogen) atoms. The number of likely N-dealkylation sites (tertiary alicyclic amines) is 1. The molecule has 0 aromatic carbocycles. The maximum absolute atomic E-state index is 12.2. The van der Waals surface area contributed by atoms with Gasteiger partial charge in [-0.25, -0.2) is 0 Å². The van der Waals surface area contributed by atoms with E-state index in [9.17, 15) is 4.79 Å². The molecule has 3 atom stereocenters. The number of carbonyl (C=O) groups is 1. The highest BCUT2D eigenvalue weighted by Crippen LogP contribution is 2.48. The van der Waals surface area contributed by atoms with Gasteiger partial charge >= 0.3 is 0 Å². The maximum atomic E-state index is 12.2. The Kier molecular flexibility index (Phi) is 3.14. The molecule has 0 unspecified atom stereocenters. The molecule has 0 bridgehead atoms. The van der Waals surface area contributed by atoms with E-state index in [2.05, 4.69) is 11.9 Å². The zero-order valence-electron chi connectivity index (χ0n) is 12.2. The molecule has 0 radical (unpaired) electrons. The fourth-order valence-electron chi connectivity index (χ4n) is 3.41. The van der Waals surface area contributed by atoms with Crippen LogP contribution in [0.2, 0.25) is 0 Å². The molecule has 1 saturated carbocycles. The van der Waals surface area contributed by atoms with E-state index in [1.54, 1.807) is 12.4 Å². The van der Waals surface area contributed by atoms with Crippen LogP contribution in [0.3, 0.4) is 0 Å². The van der Waals surface area contributed by atoms with Crippen molar-refractivity contribution in [2.45, 2.75) is 30.6 Å². The number of hydrogen-bond acceptors (Lipinski definition) is 4. The molecule has 1 spiro atoms. The van der Waals surface area contributed by atoms with E-state index in [4.69, 9.17) is 4.74 Å². The van der Waals surface area contributed by atoms with Gasteiger partial charge < -0.3 is 9.64 Å². The highest BCUT2D eigenvalue weighted by Gasteiger charge is 2.54. The van der Waals surface area contributed by atoms with E-state index in [0.29, 0.717) is 17.7 Å². The van der Waals surface area contributed by atoms with Gasteiger partial charge in [-0.2, -0.15) is 0 Å². The quantitative estimate of drug-likeness (QED) is 0.858. The Morgan fingerprint density at radius 3 is 3.00 bits per heavy atom. The fraction of sp³-hybridized carbons (Fsp3) is 0.625. The van der Waals surface area contributed by atoms with Crippen LogP contribution in [-0.2, 0) is 4.79 Å². The van der Waals surface area contributed by atoms with Gasteiger partial charge in [-0.1, -0.05) is 6.92 Å². The molecule has 4 rings (SSSR count). The van der Waals surface area contributed by atoms with Gasteiger partial charge in [0.25, 0.3) is 0 Å². The molecule has 5 heteroatoms. The van der Waals surface area contributed by atoms with Crippen molar-refractivity contribution in [2.24, 2.45) is 11.8 Å². The number of thioether (sulfide) groups is 1. The van der Waals surface area contributed by atoms with Crippen LogP contribution in [0.4, 0.5) is 0 Å². The van der Waals surface area contributed by atoms with Gasteiger partial charge in [0, 0.05) is 37.4 Å². The zero-order valence-corrected chi connectivity index (χ0v) is 13.0. The second-order valence-corrected chi connectivity index (χ2v) is 8.13. The molecule has 1 aromatic heterocycles. The van der Waals surface area contributed by atoms with Gasteiger partial charge in [0.15, 0.2) is 0 Å². The highest BCUT2D eigenvalue weighted by atomic mass is 32.2. The molecule has 3 aliphatic rings. The molecule has 1 aliphatic carbocycles. The third-order valence-electron chi connectivity index (χ3n) is 4.81. The molecule has 3 heterocycles. The lowest BCUT2D eigenvalue weighted by molar-refractivity contribution is -0.138. The first-order chi connectivity index (χ1) is 10.2. The molecule has 2 saturated heterocycles. The van der Waals surface area contributed by atoms with Gasteiger partial charge in [-0.05, 0) is 24.5 Å². The number of aromatic nitrogens is 1. The minimum atomic E-state index is 0.247. The van der Waals surface area contributed by atoms with Crippen LogP contribution >= 0.6 is 11.8 Å². The van der Waals surface area contributed by atoms with Crippen LogP contribution < -0.4 is 4.74 Å². The summed E-state index contributed by atoms with van der Waals surface area (Å²) in [6.45, 7) is 3.99. The molecule has 2 aliphatic heterocycles. The van der Waals surface area contributed by atoms with Crippen molar-refractivity contribution in [2.75, 3.05) is 18.8 Å². The summed E-state index contributed by atoms with van der Waals surface area (Å²) in [4.78, 5) is 18.3. The first-order valence-electron chi connectivity index (χ1n) is 7.65. The molecule has 112 valence electrons. The minimum Gasteiger partial charge on any atom is -0.488 e. The van der Waals surface area contributed by atoms with E-state index >= 15 is 0 Å². The summed E-state index contributed by atoms with van der Waals surface area (Å²) >= 11 is 1.97. The second kappa shape index (κ2) is 4.90. The van der Waals surface area contributed by atoms with Gasteiger partial charge in [-0.3, -0.25) is 9.78 Å². The fourth-order valence-corrected chi connectivity index (χ4v) is 4.94. The molecule has 0 N–H and O–H groups in total. The number of hydrogen-bond donors (Lipinski definition) is 0. The monoisotopic (exact) mass is 304 g/mol. The summed E-state index contributed by atoms with van der Waals surface area (Å²) in [5.74, 6) is 3.16. The van der Waals surface area contributed by atoms with E-state index in [1.165, 1.54) is 0 Å². The number of nitrogens with zero attached hydrogens (tertiary/aromatic N) is 2. The standard InChI is InChI=1S/C16H20N2O2S/c1-11-5-14(11)15(19)18-9-16(10-18)6-13(8-21-16)20-12-3-2-4-17-7-12/h2-4,7,11,13-14H,5-6,8-10H2,1H3/t11-,13+,14-/m1/s1. The van der Waals surface area contributed by atoms with Crippen molar-refractivity contribution in [3.63, 3.8) is 0 Å². The highest BCUT2D eigenvalue weighted by molar-refractivity contribution is 8.01. The summed E-state index contributed by atoms with van der Waals surface area (Å²) in [5.41, 5.74) is 0. The Morgan fingerprint density at radius 1 is 1.52 bits per heavy atom. The summed E-state index contributed by atoms with van der Waals surface area (Å²) in [6.07, 6.45) is 5.89. The lowest BCUT2D eigenvalue weighted by Gasteiger charge is -2.47. The van der Waals surface area contributed by atoms with Crippen molar-refractivity contribution >= 4 is 17.7 Å². The summed E-state index contributed by atoms with van der Waals surface area (Å²) in [6, 6.07) is 3.85. The number of amides is 1. The van der Waals surface area contributed by atoms with Crippen molar-refractivity contribution in [3.05, 3.63) is 24.5 Å². The van der Waals surface area contributed by atoms with E-state index < -0.39 is 0 Å². The Balaban J connectivity index is 1.30. The zero-order chi connectivity index (χ0) is 14.4. The molecule has 1 aromatic rings. The Labute approximate surface area is 129 Å². The van der Waals surface area contributed by atoms with Crippen LogP contribution in [0.25, 0.3) is 0 Å². The first-order valence-corrected chi connectivity index (χ1v) is 8.63. The molecule has 4 nitrogen and oxygen atoms in total. The topological polar surface area (TPSA) is 42.4 Å². The SMILES string of the molecule is C[C@@H]1C[C@H]1C(=O)N1CC2(C[C@H](Oc3cccnc3)CS2)C1. The lowest BCUT2D eigenvalue weighted by atomic mass is 9.92. The lowest BCUT2D eigenvalue weighted by Crippen LogP contribution is -2.61. The Morgan fingerprint density at radius 2 is 2.33 bits per heavy atom.